The first kappa shape index (κ1) is 9.96. The van der Waals surface area contributed by atoms with E-state index in [9.17, 15) is 0 Å². The summed E-state index contributed by atoms with van der Waals surface area (Å²) in [6, 6.07) is 0. The third-order valence-electron chi connectivity index (χ3n) is 2.15. The summed E-state index contributed by atoms with van der Waals surface area (Å²) in [5.41, 5.74) is 0.135. The molecule has 0 unspecified atom stereocenters. The molecule has 0 aromatic rings. The summed E-state index contributed by atoms with van der Waals surface area (Å²) in [5.74, 6) is 0. The first-order chi connectivity index (χ1) is 4.68. The van der Waals surface area contributed by atoms with Crippen molar-refractivity contribution in [2.24, 2.45) is 0 Å². The molecule has 0 aliphatic heterocycles. The molecule has 0 heterocycles. The van der Waals surface area contributed by atoms with E-state index < -0.39 is 0 Å². The van der Waals surface area contributed by atoms with Crippen molar-refractivity contribution in [1.82, 2.24) is 0 Å². The first-order valence-corrected chi connectivity index (χ1v) is 4.32. The van der Waals surface area contributed by atoms with E-state index in [1.165, 1.54) is 0 Å². The normalized spacial score (nSPS) is 12.0. The molecule has 0 radical (unpaired) electrons. The molecular weight excluding hydrogens is 124 g/mol. The average molecular weight is 144 g/mol. The molecule has 62 valence electrons. The van der Waals surface area contributed by atoms with Crippen molar-refractivity contribution in [2.75, 3.05) is 6.61 Å². The molecular formula is C9H20O. The fraction of sp³-hybridized carbons (Fsp3) is 1.00. The Morgan fingerprint density at radius 1 is 1.10 bits per heavy atom. The topological polar surface area (TPSA) is 9.23 Å². The summed E-state index contributed by atoms with van der Waals surface area (Å²) in [4.78, 5) is 0. The van der Waals surface area contributed by atoms with E-state index in [0.717, 1.165) is 25.9 Å². The third kappa shape index (κ3) is 3.21. The Labute approximate surface area is 64.8 Å². The van der Waals surface area contributed by atoms with Crippen molar-refractivity contribution >= 4 is 0 Å². The van der Waals surface area contributed by atoms with Crippen LogP contribution in [0.15, 0.2) is 0 Å². The highest BCUT2D eigenvalue weighted by Crippen LogP contribution is 2.18. The molecule has 1 nitrogen and oxygen atoms in total. The van der Waals surface area contributed by atoms with Crippen molar-refractivity contribution in [3.63, 3.8) is 0 Å². The largest absolute Gasteiger partial charge is 0.375 e. The second-order valence-corrected chi connectivity index (χ2v) is 3.01. The maximum Gasteiger partial charge on any atom is 0.0649 e. The lowest BCUT2D eigenvalue weighted by molar-refractivity contribution is -0.0366. The predicted molar refractivity (Wildman–Crippen MR) is 45.2 cm³/mol. The van der Waals surface area contributed by atoms with Crippen LogP contribution >= 0.6 is 0 Å². The van der Waals surface area contributed by atoms with Gasteiger partial charge >= 0.3 is 0 Å². The van der Waals surface area contributed by atoms with Crippen LogP contribution in [0.4, 0.5) is 0 Å². The summed E-state index contributed by atoms with van der Waals surface area (Å²) in [5, 5.41) is 0. The molecule has 0 aliphatic carbocycles. The van der Waals surface area contributed by atoms with Crippen molar-refractivity contribution in [3.05, 3.63) is 0 Å². The Hall–Kier alpha value is -0.0400. The zero-order valence-corrected chi connectivity index (χ0v) is 7.74. The molecule has 0 bridgehead atoms. The first-order valence-electron chi connectivity index (χ1n) is 4.32. The van der Waals surface area contributed by atoms with E-state index >= 15 is 0 Å². The van der Waals surface area contributed by atoms with E-state index in [-0.39, 0.29) is 5.60 Å². The average Bonchev–Trinajstić information content (AvgIpc) is 2.00. The van der Waals surface area contributed by atoms with Gasteiger partial charge in [0.05, 0.1) is 5.60 Å². The fourth-order valence-electron chi connectivity index (χ4n) is 0.803. The Kier molecular flexibility index (Phi) is 4.71. The van der Waals surface area contributed by atoms with Crippen LogP contribution < -0.4 is 0 Å². The van der Waals surface area contributed by atoms with Crippen LogP contribution in [0.3, 0.4) is 0 Å². The molecule has 0 aliphatic rings. The van der Waals surface area contributed by atoms with Gasteiger partial charge in [-0.25, -0.2) is 0 Å². The zero-order valence-electron chi connectivity index (χ0n) is 7.74. The number of hydrogen-bond acceptors (Lipinski definition) is 1. The van der Waals surface area contributed by atoms with Crippen LogP contribution in [0, 0.1) is 0 Å². The van der Waals surface area contributed by atoms with Gasteiger partial charge in [0, 0.05) is 6.61 Å². The molecule has 0 aromatic carbocycles. The lowest BCUT2D eigenvalue weighted by Gasteiger charge is -2.26. The summed E-state index contributed by atoms with van der Waals surface area (Å²) in [6.45, 7) is 9.59. The Balaban J connectivity index is 3.58. The summed E-state index contributed by atoms with van der Waals surface area (Å²) < 4.78 is 5.68. The molecule has 1 heteroatoms. The quantitative estimate of drug-likeness (QED) is 0.576. The highest BCUT2D eigenvalue weighted by molar-refractivity contribution is 4.70. The molecule has 0 atom stereocenters. The smallest absolute Gasteiger partial charge is 0.0649 e. The molecule has 0 spiro atoms. The lowest BCUT2D eigenvalue weighted by atomic mass is 10.0. The van der Waals surface area contributed by atoms with E-state index in [1.54, 1.807) is 0 Å². The zero-order chi connectivity index (χ0) is 8.04. The Morgan fingerprint density at radius 3 is 1.90 bits per heavy atom. The lowest BCUT2D eigenvalue weighted by Crippen LogP contribution is -2.26. The van der Waals surface area contributed by atoms with Gasteiger partial charge in [-0.15, -0.1) is 0 Å². The van der Waals surface area contributed by atoms with Gasteiger partial charge in [-0.05, 0) is 26.2 Å². The van der Waals surface area contributed by atoms with Gasteiger partial charge in [-0.1, -0.05) is 20.8 Å². The molecule has 0 rings (SSSR count). The minimum atomic E-state index is 0.135. The maximum atomic E-state index is 5.68. The second-order valence-electron chi connectivity index (χ2n) is 3.01. The highest BCUT2D eigenvalue weighted by Gasteiger charge is 2.18. The molecule has 0 fully saturated rings. The molecule has 0 saturated heterocycles. The third-order valence-corrected chi connectivity index (χ3v) is 2.15. The van der Waals surface area contributed by atoms with Crippen molar-refractivity contribution in [2.45, 2.75) is 52.6 Å². The molecule has 10 heavy (non-hydrogen) atoms. The van der Waals surface area contributed by atoms with Crippen molar-refractivity contribution in [1.29, 1.82) is 0 Å². The van der Waals surface area contributed by atoms with E-state index in [1.807, 2.05) is 0 Å². The van der Waals surface area contributed by atoms with Gasteiger partial charge in [0.1, 0.15) is 0 Å². The van der Waals surface area contributed by atoms with Crippen molar-refractivity contribution < 1.29 is 4.74 Å². The van der Waals surface area contributed by atoms with Gasteiger partial charge < -0.3 is 4.74 Å². The SMILES string of the molecule is CCCOC(C)(CC)CC. The summed E-state index contributed by atoms with van der Waals surface area (Å²) in [6.07, 6.45) is 3.35. The van der Waals surface area contributed by atoms with Gasteiger partial charge in [-0.3, -0.25) is 0 Å². The van der Waals surface area contributed by atoms with Crippen LogP contribution in [0.2, 0.25) is 0 Å². The standard InChI is InChI=1S/C9H20O/c1-5-8-10-9(4,6-2)7-3/h5-8H2,1-4H3. The highest BCUT2D eigenvalue weighted by atomic mass is 16.5. The number of ether oxygens (including phenoxy) is 1. The van der Waals surface area contributed by atoms with Gasteiger partial charge in [-0.2, -0.15) is 0 Å². The second kappa shape index (κ2) is 4.73. The van der Waals surface area contributed by atoms with Crippen LogP contribution in [0.1, 0.15) is 47.0 Å². The van der Waals surface area contributed by atoms with Crippen LogP contribution in [0.5, 0.6) is 0 Å². The molecule has 0 N–H and O–H groups in total. The Morgan fingerprint density at radius 2 is 1.60 bits per heavy atom. The molecule has 0 amide bonds. The van der Waals surface area contributed by atoms with E-state index in [4.69, 9.17) is 4.74 Å². The maximum absolute atomic E-state index is 5.68. The monoisotopic (exact) mass is 144 g/mol. The fourth-order valence-corrected chi connectivity index (χ4v) is 0.803. The van der Waals surface area contributed by atoms with Crippen molar-refractivity contribution in [3.8, 4) is 0 Å². The van der Waals surface area contributed by atoms with Crippen LogP contribution in [-0.4, -0.2) is 12.2 Å². The molecule has 0 aromatic heterocycles. The van der Waals surface area contributed by atoms with E-state index in [0.29, 0.717) is 0 Å². The predicted octanol–water partition coefficient (Wildman–Crippen LogP) is 2.99. The number of hydrogen-bond donors (Lipinski definition) is 0. The minimum Gasteiger partial charge on any atom is -0.375 e. The molecule has 0 saturated carbocycles. The summed E-state index contributed by atoms with van der Waals surface area (Å²) in [7, 11) is 0. The number of rotatable bonds is 5. The van der Waals surface area contributed by atoms with E-state index in [2.05, 4.69) is 27.7 Å². The van der Waals surface area contributed by atoms with Gasteiger partial charge in [0.25, 0.3) is 0 Å². The van der Waals surface area contributed by atoms with Crippen LogP contribution in [0.25, 0.3) is 0 Å². The van der Waals surface area contributed by atoms with Crippen LogP contribution in [-0.2, 0) is 4.74 Å². The minimum absolute atomic E-state index is 0.135. The Bertz CT molecular complexity index is 74.8. The van der Waals surface area contributed by atoms with Gasteiger partial charge in [0.15, 0.2) is 0 Å². The van der Waals surface area contributed by atoms with Gasteiger partial charge in [0.2, 0.25) is 0 Å². The summed E-state index contributed by atoms with van der Waals surface area (Å²) >= 11 is 0.